The molecule has 0 radical (unpaired) electrons. The van der Waals surface area contributed by atoms with Gasteiger partial charge in [-0.15, -0.1) is 0 Å². The predicted octanol–water partition coefficient (Wildman–Crippen LogP) is 2.85. The summed E-state index contributed by atoms with van der Waals surface area (Å²) in [5.41, 5.74) is 0. The zero-order chi connectivity index (χ0) is 10.4. The van der Waals surface area contributed by atoms with E-state index in [1.54, 1.807) is 6.26 Å². The Hall–Kier alpha value is -0.760. The molecule has 14 heavy (non-hydrogen) atoms. The maximum atomic E-state index is 5.37. The van der Waals surface area contributed by atoms with E-state index in [-0.39, 0.29) is 0 Å². The fraction of sp³-hybridized carbons (Fsp3) is 0.667. The van der Waals surface area contributed by atoms with Gasteiger partial charge >= 0.3 is 0 Å². The Morgan fingerprint density at radius 3 is 2.71 bits per heavy atom. The number of rotatable bonds is 6. The second kappa shape index (κ2) is 5.86. The molecule has 2 atom stereocenters. The number of hydrogen-bond acceptors (Lipinski definition) is 2. The average Bonchev–Trinajstić information content (AvgIpc) is 2.66. The van der Waals surface area contributed by atoms with Crippen molar-refractivity contribution < 1.29 is 4.42 Å². The van der Waals surface area contributed by atoms with Crippen LogP contribution in [0.2, 0.25) is 0 Å². The van der Waals surface area contributed by atoms with E-state index in [1.807, 2.05) is 6.07 Å². The molecule has 0 aliphatic rings. The molecule has 1 rings (SSSR count). The summed E-state index contributed by atoms with van der Waals surface area (Å²) in [7, 11) is 0. The van der Waals surface area contributed by atoms with Crippen molar-refractivity contribution in [1.82, 2.24) is 5.32 Å². The van der Waals surface area contributed by atoms with Gasteiger partial charge in [-0.25, -0.2) is 0 Å². The van der Waals surface area contributed by atoms with Crippen molar-refractivity contribution in [2.24, 2.45) is 5.92 Å². The fourth-order valence-electron chi connectivity index (χ4n) is 1.85. The lowest BCUT2D eigenvalue weighted by atomic mass is 9.93. The molecule has 0 aliphatic carbocycles. The van der Waals surface area contributed by atoms with Gasteiger partial charge in [-0.3, -0.25) is 0 Å². The summed E-state index contributed by atoms with van der Waals surface area (Å²) in [4.78, 5) is 0. The summed E-state index contributed by atoms with van der Waals surface area (Å²) >= 11 is 0. The quantitative estimate of drug-likeness (QED) is 0.755. The van der Waals surface area contributed by atoms with Crippen LogP contribution in [0.25, 0.3) is 0 Å². The van der Waals surface area contributed by atoms with Crippen molar-refractivity contribution in [1.29, 1.82) is 0 Å². The molecule has 2 heteroatoms. The fourth-order valence-corrected chi connectivity index (χ4v) is 1.85. The third kappa shape index (κ3) is 3.18. The lowest BCUT2D eigenvalue weighted by molar-refractivity contribution is 0.342. The molecule has 0 amide bonds. The van der Waals surface area contributed by atoms with Crippen molar-refractivity contribution in [2.75, 3.05) is 6.54 Å². The van der Waals surface area contributed by atoms with Crippen LogP contribution in [0.1, 0.15) is 33.0 Å². The lowest BCUT2D eigenvalue weighted by Crippen LogP contribution is -2.34. The Kier molecular flexibility index (Phi) is 4.74. The van der Waals surface area contributed by atoms with Crippen molar-refractivity contribution in [3.63, 3.8) is 0 Å². The van der Waals surface area contributed by atoms with Gasteiger partial charge in [-0.05, 0) is 31.5 Å². The molecule has 0 aromatic carbocycles. The maximum absolute atomic E-state index is 5.37. The van der Waals surface area contributed by atoms with Crippen molar-refractivity contribution >= 4 is 0 Å². The Bertz CT molecular complexity index is 230. The SMILES string of the molecule is CCNC(C)C(CC)Cc1ccco1. The van der Waals surface area contributed by atoms with E-state index in [0.29, 0.717) is 12.0 Å². The first kappa shape index (κ1) is 11.3. The zero-order valence-corrected chi connectivity index (χ0v) is 9.42. The number of hydrogen-bond donors (Lipinski definition) is 1. The first-order chi connectivity index (χ1) is 6.77. The lowest BCUT2D eigenvalue weighted by Gasteiger charge is -2.22. The van der Waals surface area contributed by atoms with E-state index < -0.39 is 0 Å². The molecule has 0 fully saturated rings. The van der Waals surface area contributed by atoms with Gasteiger partial charge in [0.25, 0.3) is 0 Å². The zero-order valence-electron chi connectivity index (χ0n) is 9.42. The molecular weight excluding hydrogens is 174 g/mol. The average molecular weight is 195 g/mol. The first-order valence-corrected chi connectivity index (χ1v) is 5.53. The molecule has 0 bridgehead atoms. The van der Waals surface area contributed by atoms with Crippen LogP contribution in [-0.4, -0.2) is 12.6 Å². The van der Waals surface area contributed by atoms with Crippen LogP contribution >= 0.6 is 0 Å². The molecule has 1 aromatic heterocycles. The summed E-state index contributed by atoms with van der Waals surface area (Å²) < 4.78 is 5.37. The minimum absolute atomic E-state index is 0.565. The van der Waals surface area contributed by atoms with Crippen LogP contribution < -0.4 is 5.32 Å². The molecular formula is C12H21NO. The molecule has 0 aliphatic heterocycles. The Morgan fingerprint density at radius 1 is 1.43 bits per heavy atom. The van der Waals surface area contributed by atoms with Crippen LogP contribution in [0.5, 0.6) is 0 Å². The van der Waals surface area contributed by atoms with Crippen LogP contribution in [0.15, 0.2) is 22.8 Å². The molecule has 0 saturated heterocycles. The molecule has 2 nitrogen and oxygen atoms in total. The van der Waals surface area contributed by atoms with Gasteiger partial charge in [0.2, 0.25) is 0 Å². The van der Waals surface area contributed by atoms with Gasteiger partial charge in [-0.1, -0.05) is 20.3 Å². The van der Waals surface area contributed by atoms with E-state index in [1.165, 1.54) is 6.42 Å². The molecule has 1 N–H and O–H groups in total. The molecule has 2 unspecified atom stereocenters. The second-order valence-corrected chi connectivity index (χ2v) is 3.80. The summed E-state index contributed by atoms with van der Waals surface area (Å²) in [6.07, 6.45) is 3.98. The van der Waals surface area contributed by atoms with Gasteiger partial charge in [-0.2, -0.15) is 0 Å². The molecule has 80 valence electrons. The summed E-state index contributed by atoms with van der Waals surface area (Å²) in [5.74, 6) is 1.77. The van der Waals surface area contributed by atoms with Crippen molar-refractivity contribution in [3.8, 4) is 0 Å². The summed E-state index contributed by atoms with van der Waals surface area (Å²) in [6.45, 7) is 7.67. The topological polar surface area (TPSA) is 25.2 Å². The van der Waals surface area contributed by atoms with E-state index in [0.717, 1.165) is 18.7 Å². The normalized spacial score (nSPS) is 15.4. The summed E-state index contributed by atoms with van der Waals surface area (Å²) in [6, 6.07) is 4.58. The molecule has 1 aromatic rings. The van der Waals surface area contributed by atoms with Gasteiger partial charge < -0.3 is 9.73 Å². The molecule has 0 spiro atoms. The van der Waals surface area contributed by atoms with Crippen molar-refractivity contribution in [3.05, 3.63) is 24.2 Å². The van der Waals surface area contributed by atoms with Gasteiger partial charge in [0.15, 0.2) is 0 Å². The van der Waals surface area contributed by atoms with E-state index in [2.05, 4.69) is 32.2 Å². The Labute approximate surface area is 86.7 Å². The third-order valence-electron chi connectivity index (χ3n) is 2.80. The largest absolute Gasteiger partial charge is 0.469 e. The Morgan fingerprint density at radius 2 is 2.21 bits per heavy atom. The van der Waals surface area contributed by atoms with Crippen LogP contribution in [-0.2, 0) is 6.42 Å². The standard InChI is InChI=1S/C12H21NO/c1-4-11(10(3)13-5-2)9-12-7-6-8-14-12/h6-8,10-11,13H,4-5,9H2,1-3H3. The van der Waals surface area contributed by atoms with E-state index in [9.17, 15) is 0 Å². The van der Waals surface area contributed by atoms with E-state index in [4.69, 9.17) is 4.42 Å². The van der Waals surface area contributed by atoms with Crippen LogP contribution in [0.4, 0.5) is 0 Å². The van der Waals surface area contributed by atoms with Crippen LogP contribution in [0, 0.1) is 5.92 Å². The highest BCUT2D eigenvalue weighted by Gasteiger charge is 2.15. The highest BCUT2D eigenvalue weighted by molar-refractivity contribution is 5.00. The first-order valence-electron chi connectivity index (χ1n) is 5.53. The summed E-state index contributed by atoms with van der Waals surface area (Å²) in [5, 5.41) is 3.47. The number of nitrogens with one attached hydrogen (secondary N) is 1. The Balaban J connectivity index is 2.46. The minimum Gasteiger partial charge on any atom is -0.469 e. The smallest absolute Gasteiger partial charge is 0.104 e. The van der Waals surface area contributed by atoms with Gasteiger partial charge in [0.05, 0.1) is 6.26 Å². The monoisotopic (exact) mass is 195 g/mol. The van der Waals surface area contributed by atoms with Gasteiger partial charge in [0, 0.05) is 12.5 Å². The highest BCUT2D eigenvalue weighted by atomic mass is 16.3. The highest BCUT2D eigenvalue weighted by Crippen LogP contribution is 2.16. The van der Waals surface area contributed by atoms with E-state index >= 15 is 0 Å². The maximum Gasteiger partial charge on any atom is 0.104 e. The van der Waals surface area contributed by atoms with Gasteiger partial charge in [0.1, 0.15) is 5.76 Å². The van der Waals surface area contributed by atoms with Crippen molar-refractivity contribution in [2.45, 2.75) is 39.7 Å². The molecule has 0 saturated carbocycles. The molecule has 1 heterocycles. The minimum atomic E-state index is 0.565. The third-order valence-corrected chi connectivity index (χ3v) is 2.80. The van der Waals surface area contributed by atoms with Crippen LogP contribution in [0.3, 0.4) is 0 Å². The number of furan rings is 1. The second-order valence-electron chi connectivity index (χ2n) is 3.80. The predicted molar refractivity (Wildman–Crippen MR) is 59.3 cm³/mol.